The first-order valence-electron chi connectivity index (χ1n) is 5.17. The minimum absolute atomic E-state index is 0.0586. The summed E-state index contributed by atoms with van der Waals surface area (Å²) in [6, 6.07) is 0.947. The number of aromatic nitrogens is 1. The van der Waals surface area contributed by atoms with E-state index in [0.29, 0.717) is 6.42 Å². The Morgan fingerprint density at radius 2 is 2.35 bits per heavy atom. The molecule has 0 saturated carbocycles. The van der Waals surface area contributed by atoms with E-state index in [-0.39, 0.29) is 17.4 Å². The van der Waals surface area contributed by atoms with Crippen LogP contribution in [-0.4, -0.2) is 20.9 Å². The molecule has 1 aromatic rings. The lowest BCUT2D eigenvalue weighted by atomic mass is 10.2. The molecule has 0 unspecified atom stereocenters. The predicted molar refractivity (Wildman–Crippen MR) is 60.7 cm³/mol. The van der Waals surface area contributed by atoms with Crippen LogP contribution in [0.25, 0.3) is 0 Å². The van der Waals surface area contributed by atoms with Crippen molar-refractivity contribution >= 4 is 17.4 Å². The van der Waals surface area contributed by atoms with Gasteiger partial charge in [0.2, 0.25) is 5.91 Å². The third-order valence-corrected chi connectivity index (χ3v) is 2.08. The largest absolute Gasteiger partial charge is 0.504 e. The Kier molecular flexibility index (Phi) is 4.38. The normalized spacial score (nSPS) is 9.94. The highest BCUT2D eigenvalue weighted by Gasteiger charge is 2.13. The second kappa shape index (κ2) is 5.78. The summed E-state index contributed by atoms with van der Waals surface area (Å²) in [5.74, 6) is -0.746. The molecule has 1 heterocycles. The molecule has 1 amide bonds. The first kappa shape index (κ1) is 12.9. The monoisotopic (exact) mass is 239 g/mol. The van der Waals surface area contributed by atoms with Crippen molar-refractivity contribution in [2.24, 2.45) is 0 Å². The summed E-state index contributed by atoms with van der Waals surface area (Å²) in [5.41, 5.74) is -0.325. The van der Waals surface area contributed by atoms with E-state index in [2.05, 4.69) is 10.3 Å². The van der Waals surface area contributed by atoms with E-state index >= 15 is 0 Å². The van der Waals surface area contributed by atoms with Crippen LogP contribution in [0.2, 0.25) is 0 Å². The standard InChI is InChI=1S/C10H13N3O4/c1-2-3-4-9(15)12-10-8(14)5-7(6-11-10)13(16)17/h5-6,14H,2-4H2,1H3,(H,11,12,15). The molecule has 0 aliphatic rings. The molecule has 17 heavy (non-hydrogen) atoms. The summed E-state index contributed by atoms with van der Waals surface area (Å²) >= 11 is 0. The lowest BCUT2D eigenvalue weighted by molar-refractivity contribution is -0.385. The summed E-state index contributed by atoms with van der Waals surface area (Å²) < 4.78 is 0. The summed E-state index contributed by atoms with van der Waals surface area (Å²) in [4.78, 5) is 24.7. The summed E-state index contributed by atoms with van der Waals surface area (Å²) in [7, 11) is 0. The zero-order valence-corrected chi connectivity index (χ0v) is 9.34. The van der Waals surface area contributed by atoms with E-state index in [0.717, 1.165) is 25.1 Å². The van der Waals surface area contributed by atoms with E-state index in [9.17, 15) is 20.0 Å². The molecular formula is C10H13N3O4. The fourth-order valence-electron chi connectivity index (χ4n) is 1.17. The number of hydrogen-bond donors (Lipinski definition) is 2. The van der Waals surface area contributed by atoms with E-state index in [1.807, 2.05) is 6.92 Å². The number of unbranched alkanes of at least 4 members (excludes halogenated alkanes) is 1. The van der Waals surface area contributed by atoms with Gasteiger partial charge in [-0.25, -0.2) is 4.98 Å². The number of carbonyl (C=O) groups is 1. The molecule has 2 N–H and O–H groups in total. The number of nitrogens with zero attached hydrogens (tertiary/aromatic N) is 2. The number of anilines is 1. The Bertz CT molecular complexity index is 434. The van der Waals surface area contributed by atoms with E-state index < -0.39 is 10.7 Å². The van der Waals surface area contributed by atoms with Crippen molar-refractivity contribution in [3.63, 3.8) is 0 Å². The zero-order valence-electron chi connectivity index (χ0n) is 9.34. The molecule has 0 bridgehead atoms. The van der Waals surface area contributed by atoms with Crippen molar-refractivity contribution in [1.82, 2.24) is 4.98 Å². The van der Waals surface area contributed by atoms with Crippen molar-refractivity contribution in [2.75, 3.05) is 5.32 Å². The first-order valence-corrected chi connectivity index (χ1v) is 5.17. The van der Waals surface area contributed by atoms with Crippen molar-refractivity contribution in [1.29, 1.82) is 0 Å². The SMILES string of the molecule is CCCCC(=O)Nc1ncc([N+](=O)[O-])cc1O. The summed E-state index contributed by atoms with van der Waals surface area (Å²) in [6.07, 6.45) is 2.93. The van der Waals surface area contributed by atoms with Crippen molar-refractivity contribution < 1.29 is 14.8 Å². The Morgan fingerprint density at radius 1 is 1.65 bits per heavy atom. The van der Waals surface area contributed by atoms with Gasteiger partial charge in [-0.05, 0) is 6.42 Å². The van der Waals surface area contributed by atoms with Crippen molar-refractivity contribution in [3.05, 3.63) is 22.4 Å². The van der Waals surface area contributed by atoms with Crippen molar-refractivity contribution in [3.8, 4) is 5.75 Å². The molecule has 0 aliphatic heterocycles. The number of nitrogens with one attached hydrogen (secondary N) is 1. The van der Waals surface area contributed by atoms with Crippen LogP contribution in [0, 0.1) is 10.1 Å². The number of carbonyl (C=O) groups excluding carboxylic acids is 1. The maximum absolute atomic E-state index is 11.3. The highest BCUT2D eigenvalue weighted by atomic mass is 16.6. The van der Waals surface area contributed by atoms with Gasteiger partial charge in [0, 0.05) is 6.42 Å². The van der Waals surface area contributed by atoms with Crippen LogP contribution in [0.1, 0.15) is 26.2 Å². The molecule has 0 saturated heterocycles. The van der Waals surface area contributed by atoms with Gasteiger partial charge in [-0.15, -0.1) is 0 Å². The molecule has 0 atom stereocenters. The van der Waals surface area contributed by atoms with E-state index in [4.69, 9.17) is 0 Å². The molecule has 7 nitrogen and oxygen atoms in total. The van der Waals surface area contributed by atoms with Gasteiger partial charge >= 0.3 is 0 Å². The lowest BCUT2D eigenvalue weighted by Crippen LogP contribution is -2.12. The molecule has 0 aromatic carbocycles. The molecule has 0 aliphatic carbocycles. The fourth-order valence-corrected chi connectivity index (χ4v) is 1.17. The molecule has 0 fully saturated rings. The molecule has 92 valence electrons. The predicted octanol–water partition coefficient (Wildman–Crippen LogP) is 1.82. The second-order valence-corrected chi connectivity index (χ2v) is 3.47. The van der Waals surface area contributed by atoms with Gasteiger partial charge in [0.25, 0.3) is 5.69 Å². The maximum Gasteiger partial charge on any atom is 0.291 e. The van der Waals surface area contributed by atoms with Gasteiger partial charge in [-0.3, -0.25) is 14.9 Å². The first-order chi connectivity index (χ1) is 8.04. The Labute approximate surface area is 97.6 Å². The van der Waals surface area contributed by atoms with Gasteiger partial charge in [0.15, 0.2) is 11.6 Å². The van der Waals surface area contributed by atoms with Crippen LogP contribution < -0.4 is 5.32 Å². The van der Waals surface area contributed by atoms with Gasteiger partial charge in [-0.2, -0.15) is 0 Å². The van der Waals surface area contributed by atoms with Gasteiger partial charge in [0.05, 0.1) is 11.0 Å². The number of rotatable bonds is 5. The minimum atomic E-state index is -0.671. The topological polar surface area (TPSA) is 105 Å². The lowest BCUT2D eigenvalue weighted by Gasteiger charge is -2.05. The third-order valence-electron chi connectivity index (χ3n) is 2.08. The van der Waals surface area contributed by atoms with Gasteiger partial charge < -0.3 is 10.4 Å². The second-order valence-electron chi connectivity index (χ2n) is 3.47. The van der Waals surface area contributed by atoms with Gasteiger partial charge in [0.1, 0.15) is 6.20 Å². The minimum Gasteiger partial charge on any atom is -0.504 e. The maximum atomic E-state index is 11.3. The summed E-state index contributed by atoms with van der Waals surface area (Å²) in [5, 5.41) is 22.2. The number of aromatic hydroxyl groups is 1. The number of nitro groups is 1. The van der Waals surface area contributed by atoms with Crippen LogP contribution >= 0.6 is 0 Å². The highest BCUT2D eigenvalue weighted by Crippen LogP contribution is 2.24. The molecule has 1 rings (SSSR count). The smallest absolute Gasteiger partial charge is 0.291 e. The Balaban J connectivity index is 2.72. The number of amides is 1. The zero-order chi connectivity index (χ0) is 12.8. The van der Waals surface area contributed by atoms with Crippen molar-refractivity contribution in [2.45, 2.75) is 26.2 Å². The van der Waals surface area contributed by atoms with Crippen LogP contribution in [0.5, 0.6) is 5.75 Å². The highest BCUT2D eigenvalue weighted by molar-refractivity contribution is 5.91. The molecule has 0 radical (unpaired) electrons. The van der Waals surface area contributed by atoms with Crippen LogP contribution in [0.15, 0.2) is 12.3 Å². The van der Waals surface area contributed by atoms with Gasteiger partial charge in [-0.1, -0.05) is 13.3 Å². The van der Waals surface area contributed by atoms with Crippen LogP contribution in [-0.2, 0) is 4.79 Å². The fraction of sp³-hybridized carbons (Fsp3) is 0.400. The Hall–Kier alpha value is -2.18. The molecule has 1 aromatic heterocycles. The quantitative estimate of drug-likeness (QED) is 0.602. The molecule has 0 spiro atoms. The van der Waals surface area contributed by atoms with E-state index in [1.54, 1.807) is 0 Å². The average Bonchev–Trinajstić information content (AvgIpc) is 2.28. The van der Waals surface area contributed by atoms with Crippen LogP contribution in [0.3, 0.4) is 0 Å². The molecular weight excluding hydrogens is 226 g/mol. The van der Waals surface area contributed by atoms with E-state index in [1.165, 1.54) is 0 Å². The number of hydrogen-bond acceptors (Lipinski definition) is 5. The third kappa shape index (κ3) is 3.71. The molecule has 7 heteroatoms. The average molecular weight is 239 g/mol. The van der Waals surface area contributed by atoms with Crippen LogP contribution in [0.4, 0.5) is 11.5 Å². The number of pyridine rings is 1. The Morgan fingerprint density at radius 3 is 2.88 bits per heavy atom. The summed E-state index contributed by atoms with van der Waals surface area (Å²) in [6.45, 7) is 1.95.